The van der Waals surface area contributed by atoms with Crippen molar-refractivity contribution >= 4 is 0 Å². The van der Waals surface area contributed by atoms with Crippen molar-refractivity contribution in [2.24, 2.45) is 11.7 Å². The molecule has 3 N–H and O–H groups in total. The molecule has 80 valence electrons. The summed E-state index contributed by atoms with van der Waals surface area (Å²) in [5.74, 6) is 2.49. The van der Waals surface area contributed by atoms with Crippen LogP contribution in [0.5, 0.6) is 0 Å². The number of H-pyrrole nitrogens is 1. The maximum Gasteiger partial charge on any atom is 0.150 e. The van der Waals surface area contributed by atoms with Crippen LogP contribution in [0.25, 0.3) is 0 Å². The summed E-state index contributed by atoms with van der Waals surface area (Å²) in [4.78, 5) is 4.40. The zero-order chi connectivity index (χ0) is 10.4. The fraction of sp³-hybridized carbons (Fsp3) is 0.800. The van der Waals surface area contributed by atoms with E-state index in [4.69, 9.17) is 5.73 Å². The van der Waals surface area contributed by atoms with Crippen molar-refractivity contribution in [2.75, 3.05) is 6.54 Å². The van der Waals surface area contributed by atoms with Crippen LogP contribution in [0.2, 0.25) is 0 Å². The first kappa shape index (κ1) is 11.2. The minimum absolute atomic E-state index is 0.558. The van der Waals surface area contributed by atoms with Crippen LogP contribution in [0, 0.1) is 5.92 Å². The molecule has 0 aromatic carbocycles. The predicted octanol–water partition coefficient (Wildman–Crippen LogP) is 1.28. The summed E-state index contributed by atoms with van der Waals surface area (Å²) in [5.41, 5.74) is 5.54. The highest BCUT2D eigenvalue weighted by molar-refractivity contribution is 4.90. The zero-order valence-electron chi connectivity index (χ0n) is 9.08. The summed E-state index contributed by atoms with van der Waals surface area (Å²) in [7, 11) is 0. The summed E-state index contributed by atoms with van der Waals surface area (Å²) < 4.78 is 0. The number of aromatic amines is 1. The number of hydrogen-bond acceptors (Lipinski definition) is 3. The standard InChI is InChI=1S/C10H20N4/c1-3-4-9-12-10(14-13-9)6-5-8(2)7-11/h8H,3-7,11H2,1-2H3,(H,12,13,14). The summed E-state index contributed by atoms with van der Waals surface area (Å²) in [5, 5.41) is 7.12. The quantitative estimate of drug-likeness (QED) is 0.720. The van der Waals surface area contributed by atoms with Gasteiger partial charge in [0.2, 0.25) is 0 Å². The van der Waals surface area contributed by atoms with Crippen LogP contribution in [0.15, 0.2) is 0 Å². The van der Waals surface area contributed by atoms with E-state index in [1.54, 1.807) is 0 Å². The lowest BCUT2D eigenvalue weighted by Gasteiger charge is -2.04. The predicted molar refractivity (Wildman–Crippen MR) is 56.9 cm³/mol. The maximum atomic E-state index is 5.54. The molecule has 0 aliphatic rings. The first-order valence-electron chi connectivity index (χ1n) is 5.36. The first-order valence-corrected chi connectivity index (χ1v) is 5.36. The Morgan fingerprint density at radius 2 is 2.21 bits per heavy atom. The number of nitrogens with one attached hydrogen (secondary N) is 1. The van der Waals surface area contributed by atoms with Crippen LogP contribution in [-0.2, 0) is 12.8 Å². The van der Waals surface area contributed by atoms with Crippen molar-refractivity contribution in [1.82, 2.24) is 15.2 Å². The van der Waals surface area contributed by atoms with Gasteiger partial charge in [0.1, 0.15) is 5.82 Å². The van der Waals surface area contributed by atoms with Crippen molar-refractivity contribution < 1.29 is 0 Å². The molecule has 4 nitrogen and oxygen atoms in total. The van der Waals surface area contributed by atoms with Crippen molar-refractivity contribution in [2.45, 2.75) is 39.5 Å². The van der Waals surface area contributed by atoms with Crippen molar-refractivity contribution in [3.05, 3.63) is 11.6 Å². The Morgan fingerprint density at radius 3 is 2.86 bits per heavy atom. The van der Waals surface area contributed by atoms with Gasteiger partial charge in [-0.1, -0.05) is 13.8 Å². The Labute approximate surface area is 85.3 Å². The highest BCUT2D eigenvalue weighted by Crippen LogP contribution is 2.05. The zero-order valence-corrected chi connectivity index (χ0v) is 9.08. The Hall–Kier alpha value is -0.900. The summed E-state index contributed by atoms with van der Waals surface area (Å²) >= 11 is 0. The third kappa shape index (κ3) is 3.46. The van der Waals surface area contributed by atoms with Gasteiger partial charge >= 0.3 is 0 Å². The van der Waals surface area contributed by atoms with E-state index in [0.29, 0.717) is 5.92 Å². The maximum absolute atomic E-state index is 5.54. The number of aromatic nitrogens is 3. The van der Waals surface area contributed by atoms with Crippen LogP contribution in [0.4, 0.5) is 0 Å². The molecular weight excluding hydrogens is 176 g/mol. The lowest BCUT2D eigenvalue weighted by atomic mass is 10.1. The minimum atomic E-state index is 0.558. The fourth-order valence-electron chi connectivity index (χ4n) is 1.29. The van der Waals surface area contributed by atoms with E-state index < -0.39 is 0 Å². The molecular formula is C10H20N4. The molecule has 0 fully saturated rings. The Kier molecular flexibility index (Phi) is 4.59. The molecule has 1 atom stereocenters. The molecule has 1 unspecified atom stereocenters. The Bertz CT molecular complexity index is 256. The average Bonchev–Trinajstić information content (AvgIpc) is 2.63. The fourth-order valence-corrected chi connectivity index (χ4v) is 1.29. The molecule has 1 heterocycles. The molecule has 0 aliphatic heterocycles. The molecule has 1 aromatic rings. The second-order valence-corrected chi connectivity index (χ2v) is 3.83. The highest BCUT2D eigenvalue weighted by Gasteiger charge is 2.04. The van der Waals surface area contributed by atoms with Crippen molar-refractivity contribution in [3.8, 4) is 0 Å². The number of nitrogens with two attached hydrogens (primary N) is 1. The summed E-state index contributed by atoms with van der Waals surface area (Å²) in [6.07, 6.45) is 4.09. The molecule has 0 saturated heterocycles. The van der Waals surface area contributed by atoms with E-state index in [1.165, 1.54) is 0 Å². The topological polar surface area (TPSA) is 67.6 Å². The Morgan fingerprint density at radius 1 is 1.43 bits per heavy atom. The van der Waals surface area contributed by atoms with Gasteiger partial charge in [0, 0.05) is 12.8 Å². The van der Waals surface area contributed by atoms with E-state index in [2.05, 4.69) is 29.0 Å². The second-order valence-electron chi connectivity index (χ2n) is 3.83. The SMILES string of the molecule is CCCc1nc(CCC(C)CN)n[nH]1. The molecule has 0 saturated carbocycles. The third-order valence-electron chi connectivity index (χ3n) is 2.33. The molecule has 0 amide bonds. The summed E-state index contributed by atoms with van der Waals surface area (Å²) in [6, 6.07) is 0. The normalized spacial score (nSPS) is 13.1. The van der Waals surface area contributed by atoms with E-state index in [9.17, 15) is 0 Å². The van der Waals surface area contributed by atoms with Gasteiger partial charge in [-0.25, -0.2) is 4.98 Å². The molecule has 0 aliphatic carbocycles. The van der Waals surface area contributed by atoms with Crippen LogP contribution in [0.3, 0.4) is 0 Å². The lowest BCUT2D eigenvalue weighted by Crippen LogP contribution is -2.11. The minimum Gasteiger partial charge on any atom is -0.330 e. The summed E-state index contributed by atoms with van der Waals surface area (Å²) in [6.45, 7) is 5.03. The van der Waals surface area contributed by atoms with Gasteiger partial charge in [0.25, 0.3) is 0 Å². The van der Waals surface area contributed by atoms with Crippen LogP contribution < -0.4 is 5.73 Å². The monoisotopic (exact) mass is 196 g/mol. The molecule has 0 spiro atoms. The van der Waals surface area contributed by atoms with E-state index in [0.717, 1.165) is 43.9 Å². The average molecular weight is 196 g/mol. The number of nitrogens with zero attached hydrogens (tertiary/aromatic N) is 2. The van der Waals surface area contributed by atoms with Gasteiger partial charge in [0.15, 0.2) is 5.82 Å². The van der Waals surface area contributed by atoms with Gasteiger partial charge in [0.05, 0.1) is 0 Å². The van der Waals surface area contributed by atoms with Crippen LogP contribution >= 0.6 is 0 Å². The smallest absolute Gasteiger partial charge is 0.150 e. The molecule has 1 rings (SSSR count). The number of hydrogen-bond donors (Lipinski definition) is 2. The second kappa shape index (κ2) is 5.75. The van der Waals surface area contributed by atoms with Gasteiger partial charge in [-0.15, -0.1) is 0 Å². The van der Waals surface area contributed by atoms with Gasteiger partial charge in [-0.05, 0) is 25.3 Å². The van der Waals surface area contributed by atoms with Gasteiger partial charge < -0.3 is 5.73 Å². The highest BCUT2D eigenvalue weighted by atomic mass is 15.2. The van der Waals surface area contributed by atoms with E-state index in [-0.39, 0.29) is 0 Å². The lowest BCUT2D eigenvalue weighted by molar-refractivity contribution is 0.536. The Balaban J connectivity index is 2.35. The molecule has 0 radical (unpaired) electrons. The van der Waals surface area contributed by atoms with Crippen LogP contribution in [-0.4, -0.2) is 21.7 Å². The van der Waals surface area contributed by atoms with E-state index in [1.807, 2.05) is 0 Å². The van der Waals surface area contributed by atoms with Gasteiger partial charge in [-0.2, -0.15) is 5.10 Å². The third-order valence-corrected chi connectivity index (χ3v) is 2.33. The molecule has 0 bridgehead atoms. The van der Waals surface area contributed by atoms with Crippen molar-refractivity contribution in [3.63, 3.8) is 0 Å². The number of rotatable bonds is 6. The van der Waals surface area contributed by atoms with Crippen LogP contribution in [0.1, 0.15) is 38.3 Å². The molecule has 4 heteroatoms. The van der Waals surface area contributed by atoms with Crippen molar-refractivity contribution in [1.29, 1.82) is 0 Å². The van der Waals surface area contributed by atoms with Gasteiger partial charge in [-0.3, -0.25) is 5.10 Å². The number of aryl methyl sites for hydroxylation is 2. The molecule has 1 aromatic heterocycles. The molecule has 14 heavy (non-hydrogen) atoms. The van der Waals surface area contributed by atoms with E-state index >= 15 is 0 Å². The largest absolute Gasteiger partial charge is 0.330 e. The first-order chi connectivity index (χ1) is 6.76.